The fraction of sp³-hybridized carbons (Fsp3) is 0.355. The highest BCUT2D eigenvalue weighted by Crippen LogP contribution is 2.36. The standard InChI is InChI=1S/C31H35N7O2/c1-35(2)31(39)37(4)20-23-9-11-25(12-10-23)27-28(26-13-7-22(18-32)8-14-26)34-30(38-17-15-33-29(27)38)40-21-24-6-5-16-36(3)19-24/h7-15,17,24H,5-6,16,19-21H2,1-4H3/t24-/m1/s1. The Morgan fingerprint density at radius 3 is 2.50 bits per heavy atom. The van der Waals surface area contributed by atoms with Crippen molar-refractivity contribution in [3.8, 4) is 34.5 Å². The number of urea groups is 1. The molecule has 0 spiro atoms. The van der Waals surface area contributed by atoms with Crippen LogP contribution in [0.5, 0.6) is 6.01 Å². The molecule has 2 amide bonds. The van der Waals surface area contributed by atoms with Crippen LogP contribution < -0.4 is 4.74 Å². The summed E-state index contributed by atoms with van der Waals surface area (Å²) in [5, 5.41) is 9.33. The maximum absolute atomic E-state index is 12.3. The zero-order valence-corrected chi connectivity index (χ0v) is 23.5. The van der Waals surface area contributed by atoms with Crippen LogP contribution in [0.3, 0.4) is 0 Å². The van der Waals surface area contributed by atoms with Gasteiger partial charge in [0.1, 0.15) is 0 Å². The molecule has 2 aromatic heterocycles. The van der Waals surface area contributed by atoms with E-state index in [-0.39, 0.29) is 6.03 Å². The summed E-state index contributed by atoms with van der Waals surface area (Å²) >= 11 is 0. The van der Waals surface area contributed by atoms with Crippen LogP contribution in [-0.2, 0) is 6.54 Å². The summed E-state index contributed by atoms with van der Waals surface area (Å²) in [7, 11) is 7.44. The van der Waals surface area contributed by atoms with Crippen molar-refractivity contribution >= 4 is 11.7 Å². The van der Waals surface area contributed by atoms with E-state index in [2.05, 4.69) is 18.0 Å². The number of hydrogen-bond donors (Lipinski definition) is 0. The minimum Gasteiger partial charge on any atom is -0.464 e. The van der Waals surface area contributed by atoms with E-state index in [1.54, 1.807) is 49.3 Å². The average Bonchev–Trinajstić information content (AvgIpc) is 3.46. The van der Waals surface area contributed by atoms with Gasteiger partial charge in [-0.1, -0.05) is 36.4 Å². The van der Waals surface area contributed by atoms with E-state index in [1.165, 1.54) is 6.42 Å². The summed E-state index contributed by atoms with van der Waals surface area (Å²) in [6.07, 6.45) is 5.95. The van der Waals surface area contributed by atoms with E-state index in [1.807, 2.05) is 47.0 Å². The summed E-state index contributed by atoms with van der Waals surface area (Å²) in [4.78, 5) is 27.7. The minimum atomic E-state index is -0.0501. The van der Waals surface area contributed by atoms with Crippen LogP contribution in [0.15, 0.2) is 60.9 Å². The maximum Gasteiger partial charge on any atom is 0.319 e. The molecular weight excluding hydrogens is 502 g/mol. The summed E-state index contributed by atoms with van der Waals surface area (Å²) in [5.74, 6) is 0.446. The fourth-order valence-electron chi connectivity index (χ4n) is 5.29. The third-order valence-corrected chi connectivity index (χ3v) is 7.34. The molecule has 1 aliphatic heterocycles. The number of benzene rings is 2. The van der Waals surface area contributed by atoms with Gasteiger partial charge in [0.05, 0.1) is 29.5 Å². The number of hydrogen-bond acceptors (Lipinski definition) is 6. The molecule has 1 fully saturated rings. The number of fused-ring (bicyclic) bond motifs is 1. The molecule has 0 aliphatic carbocycles. The molecular formula is C31H35N7O2. The normalized spacial score (nSPS) is 15.5. The Bertz CT molecular complexity index is 1520. The minimum absolute atomic E-state index is 0.0501. The molecule has 40 heavy (non-hydrogen) atoms. The van der Waals surface area contributed by atoms with Crippen molar-refractivity contribution in [2.75, 3.05) is 47.9 Å². The van der Waals surface area contributed by atoms with Gasteiger partial charge in [0.25, 0.3) is 0 Å². The lowest BCUT2D eigenvalue weighted by Gasteiger charge is -2.29. The summed E-state index contributed by atoms with van der Waals surface area (Å²) in [5.41, 5.74) is 5.81. The van der Waals surface area contributed by atoms with Crippen LogP contribution in [0.4, 0.5) is 4.79 Å². The van der Waals surface area contributed by atoms with E-state index in [0.29, 0.717) is 30.6 Å². The monoisotopic (exact) mass is 537 g/mol. The summed E-state index contributed by atoms with van der Waals surface area (Å²) in [6, 6.07) is 18.2. The van der Waals surface area contributed by atoms with Crippen LogP contribution >= 0.6 is 0 Å². The SMILES string of the molecule is CN1CCC[C@@H](COc2nc(-c3ccc(C#N)cc3)c(-c3ccc(CN(C)C(=O)N(C)C)cc3)c3nccn23)C1. The molecule has 0 unspecified atom stereocenters. The molecule has 3 heterocycles. The first-order chi connectivity index (χ1) is 19.3. The molecule has 9 heteroatoms. The molecule has 1 aliphatic rings. The van der Waals surface area contributed by atoms with Gasteiger partial charge in [0.15, 0.2) is 5.65 Å². The zero-order valence-electron chi connectivity index (χ0n) is 23.5. The van der Waals surface area contributed by atoms with E-state index in [0.717, 1.165) is 53.1 Å². The Morgan fingerprint density at radius 1 is 1.10 bits per heavy atom. The number of nitrogens with zero attached hydrogens (tertiary/aromatic N) is 7. The van der Waals surface area contributed by atoms with Gasteiger partial charge >= 0.3 is 12.0 Å². The molecule has 0 radical (unpaired) electrons. The lowest BCUT2D eigenvalue weighted by molar-refractivity contribution is 0.143. The Balaban J connectivity index is 1.53. The zero-order chi connectivity index (χ0) is 28.2. The van der Waals surface area contributed by atoms with Crippen molar-refractivity contribution in [3.05, 3.63) is 72.1 Å². The van der Waals surface area contributed by atoms with Crippen molar-refractivity contribution in [2.45, 2.75) is 19.4 Å². The lowest BCUT2D eigenvalue weighted by atomic mass is 9.98. The highest BCUT2D eigenvalue weighted by molar-refractivity contribution is 5.90. The number of carbonyl (C=O) groups excluding carboxylic acids is 1. The van der Waals surface area contributed by atoms with Crippen LogP contribution in [0.1, 0.15) is 24.0 Å². The van der Waals surface area contributed by atoms with Gasteiger partial charge in [-0.05, 0) is 49.7 Å². The summed E-state index contributed by atoms with van der Waals surface area (Å²) < 4.78 is 8.27. The lowest BCUT2D eigenvalue weighted by Crippen LogP contribution is -2.35. The highest BCUT2D eigenvalue weighted by Gasteiger charge is 2.22. The quantitative estimate of drug-likeness (QED) is 0.337. The van der Waals surface area contributed by atoms with Gasteiger partial charge in [-0.2, -0.15) is 10.2 Å². The van der Waals surface area contributed by atoms with Crippen molar-refractivity contribution in [2.24, 2.45) is 5.92 Å². The van der Waals surface area contributed by atoms with Crippen molar-refractivity contribution in [1.29, 1.82) is 5.26 Å². The second-order valence-corrected chi connectivity index (χ2v) is 10.7. The first-order valence-corrected chi connectivity index (χ1v) is 13.5. The number of piperidine rings is 1. The molecule has 4 aromatic rings. The largest absolute Gasteiger partial charge is 0.464 e. The number of ether oxygens (including phenoxy) is 1. The van der Waals surface area contributed by atoms with E-state index < -0.39 is 0 Å². The Morgan fingerprint density at radius 2 is 1.82 bits per heavy atom. The smallest absolute Gasteiger partial charge is 0.319 e. The average molecular weight is 538 g/mol. The molecule has 1 saturated heterocycles. The number of nitriles is 1. The van der Waals surface area contributed by atoms with Crippen molar-refractivity contribution < 1.29 is 9.53 Å². The molecule has 0 bridgehead atoms. The van der Waals surface area contributed by atoms with Gasteiger partial charge < -0.3 is 19.4 Å². The van der Waals surface area contributed by atoms with Gasteiger partial charge in [-0.25, -0.2) is 9.78 Å². The second-order valence-electron chi connectivity index (χ2n) is 10.7. The Labute approximate surface area is 235 Å². The first-order valence-electron chi connectivity index (χ1n) is 13.5. The number of rotatable bonds is 7. The van der Waals surface area contributed by atoms with Gasteiger partial charge in [-0.3, -0.25) is 4.40 Å². The molecule has 1 atom stereocenters. The van der Waals surface area contributed by atoms with Crippen molar-refractivity contribution in [3.63, 3.8) is 0 Å². The molecule has 0 saturated carbocycles. The Hall–Kier alpha value is -4.42. The van der Waals surface area contributed by atoms with Crippen molar-refractivity contribution in [1.82, 2.24) is 29.1 Å². The number of carbonyl (C=O) groups is 1. The molecule has 0 N–H and O–H groups in total. The first kappa shape index (κ1) is 27.2. The molecule has 9 nitrogen and oxygen atoms in total. The number of amides is 2. The highest BCUT2D eigenvalue weighted by atomic mass is 16.5. The van der Waals surface area contributed by atoms with Gasteiger partial charge in [-0.15, -0.1) is 0 Å². The fourth-order valence-corrected chi connectivity index (χ4v) is 5.29. The second kappa shape index (κ2) is 11.8. The number of likely N-dealkylation sites (tertiary alicyclic amines) is 1. The topological polar surface area (TPSA) is 90.0 Å². The summed E-state index contributed by atoms with van der Waals surface area (Å²) in [6.45, 7) is 3.22. The van der Waals surface area contributed by atoms with Crippen LogP contribution in [0.25, 0.3) is 28.0 Å². The predicted octanol–water partition coefficient (Wildman–Crippen LogP) is 4.77. The number of aromatic nitrogens is 3. The molecule has 206 valence electrons. The van der Waals surface area contributed by atoms with E-state index in [4.69, 9.17) is 14.7 Å². The van der Waals surface area contributed by atoms with Crippen LogP contribution in [0.2, 0.25) is 0 Å². The van der Waals surface area contributed by atoms with Crippen LogP contribution in [0, 0.1) is 17.2 Å². The van der Waals surface area contributed by atoms with Gasteiger partial charge in [0, 0.05) is 58.1 Å². The number of imidazole rings is 1. The predicted molar refractivity (Wildman–Crippen MR) is 155 cm³/mol. The molecule has 2 aromatic carbocycles. The van der Waals surface area contributed by atoms with Gasteiger partial charge in [0.2, 0.25) is 0 Å². The van der Waals surface area contributed by atoms with E-state index >= 15 is 0 Å². The van der Waals surface area contributed by atoms with E-state index in [9.17, 15) is 10.1 Å². The van der Waals surface area contributed by atoms with Crippen LogP contribution in [-0.4, -0.2) is 83.0 Å². The third-order valence-electron chi connectivity index (χ3n) is 7.34. The maximum atomic E-state index is 12.3. The molecule has 5 rings (SSSR count). The Kier molecular flexibility index (Phi) is 7.99. The third kappa shape index (κ3) is 5.77.